The predicted molar refractivity (Wildman–Crippen MR) is 118 cm³/mol. The topological polar surface area (TPSA) is 129 Å². The highest BCUT2D eigenvalue weighted by Gasteiger charge is 2.26. The number of para-hydroxylation sites is 1. The highest BCUT2D eigenvalue weighted by Crippen LogP contribution is 2.38. The summed E-state index contributed by atoms with van der Waals surface area (Å²) in [6, 6.07) is 14.7. The molecule has 3 aromatic rings. The molecule has 0 spiro atoms. The minimum Gasteiger partial charge on any atom is -0.464 e. The number of nitriles is 2. The van der Waals surface area contributed by atoms with E-state index in [1.54, 1.807) is 18.2 Å². The fourth-order valence-corrected chi connectivity index (χ4v) is 4.19. The summed E-state index contributed by atoms with van der Waals surface area (Å²) in [5.41, 5.74) is 7.13. The maximum atomic E-state index is 12.9. The highest BCUT2D eigenvalue weighted by atomic mass is 79.9. The molecule has 0 aliphatic rings. The van der Waals surface area contributed by atoms with Crippen LogP contribution in [0.15, 0.2) is 56.6 Å². The van der Waals surface area contributed by atoms with Crippen LogP contribution in [0.5, 0.6) is 0 Å². The standard InChI is InChI=1S/C21H16BrN5O2S/c1-2-17(20(28)26-15-7-4-3-6-14(15)22)30-21-13(11-24)18(16-8-5-9-29-16)12(10-23)19(25)27-21/h3-9,17H,2H2,1H3,(H2,25,27)(H,26,28). The van der Waals surface area contributed by atoms with Gasteiger partial charge in [-0.2, -0.15) is 10.5 Å². The van der Waals surface area contributed by atoms with Gasteiger partial charge in [-0.05, 0) is 46.6 Å². The lowest BCUT2D eigenvalue weighted by atomic mass is 10.0. The van der Waals surface area contributed by atoms with E-state index in [9.17, 15) is 15.3 Å². The van der Waals surface area contributed by atoms with Gasteiger partial charge in [0.05, 0.1) is 28.3 Å². The molecule has 0 saturated heterocycles. The van der Waals surface area contributed by atoms with E-state index in [1.807, 2.05) is 31.2 Å². The monoisotopic (exact) mass is 481 g/mol. The van der Waals surface area contributed by atoms with Crippen molar-refractivity contribution in [2.75, 3.05) is 11.1 Å². The molecule has 1 aromatic carbocycles. The average Bonchev–Trinajstić information content (AvgIpc) is 3.27. The molecular formula is C21H16BrN5O2S. The van der Waals surface area contributed by atoms with E-state index in [4.69, 9.17) is 10.2 Å². The number of hydrogen-bond donors (Lipinski definition) is 2. The zero-order valence-electron chi connectivity index (χ0n) is 15.8. The molecule has 1 amide bonds. The number of thioether (sulfide) groups is 1. The Kier molecular flexibility index (Phi) is 6.78. The molecule has 1 unspecified atom stereocenters. The number of nitrogen functional groups attached to an aromatic ring is 1. The van der Waals surface area contributed by atoms with Crippen LogP contribution in [0.25, 0.3) is 11.3 Å². The Bertz CT molecular complexity index is 1170. The minimum absolute atomic E-state index is 0.0218. The molecule has 7 nitrogen and oxygen atoms in total. The fraction of sp³-hybridized carbons (Fsp3) is 0.143. The predicted octanol–water partition coefficient (Wildman–Crippen LogP) is 4.94. The molecule has 0 radical (unpaired) electrons. The zero-order valence-corrected chi connectivity index (χ0v) is 18.3. The smallest absolute Gasteiger partial charge is 0.237 e. The first-order valence-electron chi connectivity index (χ1n) is 8.89. The lowest BCUT2D eigenvalue weighted by Crippen LogP contribution is -2.25. The van der Waals surface area contributed by atoms with Crippen molar-refractivity contribution in [1.29, 1.82) is 10.5 Å². The Labute approximate surface area is 186 Å². The van der Waals surface area contributed by atoms with Crippen molar-refractivity contribution in [1.82, 2.24) is 4.98 Å². The first-order valence-corrected chi connectivity index (χ1v) is 10.6. The first kappa shape index (κ1) is 21.4. The van der Waals surface area contributed by atoms with E-state index < -0.39 is 5.25 Å². The normalized spacial score (nSPS) is 11.3. The second kappa shape index (κ2) is 9.49. The number of halogens is 1. The lowest BCUT2D eigenvalue weighted by Gasteiger charge is -2.17. The molecule has 30 heavy (non-hydrogen) atoms. The van der Waals surface area contributed by atoms with E-state index in [2.05, 4.69) is 32.3 Å². The van der Waals surface area contributed by atoms with Crippen molar-refractivity contribution in [2.45, 2.75) is 23.6 Å². The molecule has 2 heterocycles. The second-order valence-electron chi connectivity index (χ2n) is 6.11. The van der Waals surface area contributed by atoms with Gasteiger partial charge in [0, 0.05) is 4.47 Å². The number of carbonyl (C=O) groups is 1. The molecule has 150 valence electrons. The SMILES string of the molecule is CCC(Sc1nc(N)c(C#N)c(-c2ccco2)c1C#N)C(=O)Nc1ccccc1Br. The van der Waals surface area contributed by atoms with E-state index in [0.29, 0.717) is 17.9 Å². The summed E-state index contributed by atoms with van der Waals surface area (Å²) in [6.45, 7) is 1.86. The third-order valence-corrected chi connectivity index (χ3v) is 6.27. The number of benzene rings is 1. The number of pyridine rings is 1. The van der Waals surface area contributed by atoms with Gasteiger partial charge in [0.15, 0.2) is 0 Å². The molecule has 9 heteroatoms. The van der Waals surface area contributed by atoms with E-state index in [0.717, 1.165) is 16.2 Å². The van der Waals surface area contributed by atoms with Crippen LogP contribution in [0.1, 0.15) is 24.5 Å². The number of aromatic nitrogens is 1. The van der Waals surface area contributed by atoms with Gasteiger partial charge in [0.2, 0.25) is 5.91 Å². The third kappa shape index (κ3) is 4.33. The van der Waals surface area contributed by atoms with Crippen LogP contribution in [0.4, 0.5) is 11.5 Å². The quantitative estimate of drug-likeness (QED) is 0.476. The van der Waals surface area contributed by atoms with Crippen molar-refractivity contribution in [3.05, 3.63) is 58.3 Å². The van der Waals surface area contributed by atoms with Crippen LogP contribution in [-0.4, -0.2) is 16.1 Å². The van der Waals surface area contributed by atoms with Crippen LogP contribution in [-0.2, 0) is 4.79 Å². The summed E-state index contributed by atoms with van der Waals surface area (Å²) in [5.74, 6) is 0.0822. The Morgan fingerprint density at radius 3 is 2.60 bits per heavy atom. The molecule has 0 aliphatic carbocycles. The van der Waals surface area contributed by atoms with Gasteiger partial charge >= 0.3 is 0 Å². The number of rotatable bonds is 6. The summed E-state index contributed by atoms with van der Waals surface area (Å²) < 4.78 is 6.17. The molecule has 3 rings (SSSR count). The van der Waals surface area contributed by atoms with Crippen molar-refractivity contribution >= 4 is 45.1 Å². The van der Waals surface area contributed by atoms with Crippen LogP contribution in [0.3, 0.4) is 0 Å². The Balaban J connectivity index is 1.99. The van der Waals surface area contributed by atoms with Gasteiger partial charge in [-0.3, -0.25) is 4.79 Å². The number of furan rings is 1. The molecular weight excluding hydrogens is 466 g/mol. The lowest BCUT2D eigenvalue weighted by molar-refractivity contribution is -0.115. The highest BCUT2D eigenvalue weighted by molar-refractivity contribution is 9.10. The minimum atomic E-state index is -0.534. The van der Waals surface area contributed by atoms with E-state index >= 15 is 0 Å². The summed E-state index contributed by atoms with van der Waals surface area (Å²) in [5, 5.41) is 21.9. The average molecular weight is 482 g/mol. The van der Waals surface area contributed by atoms with Gasteiger partial charge < -0.3 is 15.5 Å². The van der Waals surface area contributed by atoms with Gasteiger partial charge in [-0.1, -0.05) is 30.8 Å². The second-order valence-corrected chi connectivity index (χ2v) is 8.16. The van der Waals surface area contributed by atoms with Crippen molar-refractivity contribution in [3.63, 3.8) is 0 Å². The van der Waals surface area contributed by atoms with Crippen LogP contribution in [0, 0.1) is 22.7 Å². The third-order valence-electron chi connectivity index (χ3n) is 4.23. The largest absolute Gasteiger partial charge is 0.464 e. The van der Waals surface area contributed by atoms with Gasteiger partial charge in [-0.25, -0.2) is 4.98 Å². The molecule has 2 aromatic heterocycles. The van der Waals surface area contributed by atoms with Crippen molar-refractivity contribution < 1.29 is 9.21 Å². The summed E-state index contributed by atoms with van der Waals surface area (Å²) >= 11 is 4.53. The number of hydrogen-bond acceptors (Lipinski definition) is 7. The fourth-order valence-electron chi connectivity index (χ4n) is 2.78. The maximum absolute atomic E-state index is 12.9. The Morgan fingerprint density at radius 1 is 1.27 bits per heavy atom. The maximum Gasteiger partial charge on any atom is 0.237 e. The van der Waals surface area contributed by atoms with E-state index in [1.165, 1.54) is 6.26 Å². The molecule has 0 aliphatic heterocycles. The number of anilines is 2. The van der Waals surface area contributed by atoms with Crippen LogP contribution in [0.2, 0.25) is 0 Å². The molecule has 0 saturated carbocycles. The summed E-state index contributed by atoms with van der Waals surface area (Å²) in [7, 11) is 0. The molecule has 3 N–H and O–H groups in total. The number of nitrogens with two attached hydrogens (primary N) is 1. The van der Waals surface area contributed by atoms with E-state index in [-0.39, 0.29) is 33.4 Å². The molecule has 1 atom stereocenters. The zero-order chi connectivity index (χ0) is 21.7. The summed E-state index contributed by atoms with van der Waals surface area (Å²) in [6.07, 6.45) is 1.94. The summed E-state index contributed by atoms with van der Waals surface area (Å²) in [4.78, 5) is 17.1. The van der Waals surface area contributed by atoms with Gasteiger partial charge in [-0.15, -0.1) is 0 Å². The number of amides is 1. The van der Waals surface area contributed by atoms with Crippen LogP contribution < -0.4 is 11.1 Å². The molecule has 0 bridgehead atoms. The Morgan fingerprint density at radius 2 is 2.00 bits per heavy atom. The van der Waals surface area contributed by atoms with Crippen LogP contribution >= 0.6 is 27.7 Å². The van der Waals surface area contributed by atoms with Crippen molar-refractivity contribution in [3.8, 4) is 23.5 Å². The number of nitrogens with zero attached hydrogens (tertiary/aromatic N) is 3. The first-order chi connectivity index (χ1) is 14.5. The van der Waals surface area contributed by atoms with Crippen molar-refractivity contribution in [2.24, 2.45) is 0 Å². The van der Waals surface area contributed by atoms with Gasteiger partial charge in [0.1, 0.15) is 34.3 Å². The number of carbonyl (C=O) groups excluding carboxylic acids is 1. The number of nitrogens with one attached hydrogen (secondary N) is 1. The Hall–Kier alpha value is -3.27. The van der Waals surface area contributed by atoms with Gasteiger partial charge in [0.25, 0.3) is 0 Å². The molecule has 0 fully saturated rings.